The molecule has 6 nitrogen and oxygen atoms in total. The lowest BCUT2D eigenvalue weighted by Gasteiger charge is -2.09. The third kappa shape index (κ3) is 2.54. The monoisotopic (exact) mass is 271 g/mol. The van der Waals surface area contributed by atoms with E-state index in [0.717, 1.165) is 24.5 Å². The number of primary amides is 1. The van der Waals surface area contributed by atoms with E-state index in [-0.39, 0.29) is 6.42 Å². The minimum Gasteiger partial charge on any atom is -0.369 e. The number of nitrogens with zero attached hydrogens (tertiary/aromatic N) is 4. The molecule has 2 aromatic rings. The molecule has 6 heteroatoms. The molecule has 0 radical (unpaired) electrons. The molecular weight excluding hydrogens is 254 g/mol. The Morgan fingerprint density at radius 2 is 2.15 bits per heavy atom. The predicted molar refractivity (Wildman–Crippen MR) is 73.3 cm³/mol. The predicted octanol–water partition coefficient (Wildman–Crippen LogP) is 1.35. The fraction of sp³-hybridized carbons (Fsp3) is 0.429. The number of hydrogen-bond acceptors (Lipinski definition) is 4. The highest BCUT2D eigenvalue weighted by molar-refractivity contribution is 5.75. The molecule has 0 unspecified atom stereocenters. The second-order valence-corrected chi connectivity index (χ2v) is 5.11. The molecule has 1 aliphatic carbocycles. The van der Waals surface area contributed by atoms with Crippen LogP contribution in [0.2, 0.25) is 0 Å². The summed E-state index contributed by atoms with van der Waals surface area (Å²) in [6.07, 6.45) is 6.45. The van der Waals surface area contributed by atoms with Gasteiger partial charge in [-0.2, -0.15) is 4.68 Å². The van der Waals surface area contributed by atoms with Gasteiger partial charge in [0.1, 0.15) is 5.82 Å². The number of carbonyl (C=O) groups is 1. The first kappa shape index (κ1) is 12.8. The smallest absolute Gasteiger partial charge is 0.225 e. The third-order valence-corrected chi connectivity index (χ3v) is 3.59. The van der Waals surface area contributed by atoms with Gasteiger partial charge in [0.25, 0.3) is 0 Å². The zero-order valence-corrected chi connectivity index (χ0v) is 11.2. The number of rotatable bonds is 4. The number of pyridine rings is 1. The summed E-state index contributed by atoms with van der Waals surface area (Å²) in [6, 6.07) is 5.66. The Morgan fingerprint density at radius 3 is 2.80 bits per heavy atom. The van der Waals surface area contributed by atoms with Crippen LogP contribution in [0, 0.1) is 0 Å². The SMILES string of the molecule is NC(=O)Cc1nc(C2CCCC2)n(-c2ccccn2)n1. The van der Waals surface area contributed by atoms with E-state index in [1.165, 1.54) is 12.8 Å². The number of hydrogen-bond donors (Lipinski definition) is 1. The molecule has 1 fully saturated rings. The second-order valence-electron chi connectivity index (χ2n) is 5.11. The third-order valence-electron chi connectivity index (χ3n) is 3.59. The number of carbonyl (C=O) groups excluding carboxylic acids is 1. The summed E-state index contributed by atoms with van der Waals surface area (Å²) in [5, 5.41) is 4.41. The van der Waals surface area contributed by atoms with Crippen LogP contribution in [-0.2, 0) is 11.2 Å². The Labute approximate surface area is 117 Å². The maximum Gasteiger partial charge on any atom is 0.225 e. The van der Waals surface area contributed by atoms with Crippen LogP contribution in [0.15, 0.2) is 24.4 Å². The van der Waals surface area contributed by atoms with Crippen molar-refractivity contribution in [1.29, 1.82) is 0 Å². The van der Waals surface area contributed by atoms with Gasteiger partial charge in [0, 0.05) is 12.1 Å². The van der Waals surface area contributed by atoms with Crippen LogP contribution in [0.25, 0.3) is 5.82 Å². The van der Waals surface area contributed by atoms with Crippen molar-refractivity contribution < 1.29 is 4.79 Å². The fourth-order valence-electron chi connectivity index (χ4n) is 2.70. The molecule has 0 aromatic carbocycles. The maximum absolute atomic E-state index is 11.1. The molecule has 0 atom stereocenters. The van der Waals surface area contributed by atoms with Gasteiger partial charge in [-0.15, -0.1) is 5.10 Å². The molecule has 2 heterocycles. The quantitative estimate of drug-likeness (QED) is 0.909. The minimum absolute atomic E-state index is 0.0690. The highest BCUT2D eigenvalue weighted by Crippen LogP contribution is 2.33. The van der Waals surface area contributed by atoms with Crippen molar-refractivity contribution in [2.45, 2.75) is 38.0 Å². The summed E-state index contributed by atoms with van der Waals surface area (Å²) in [7, 11) is 0. The maximum atomic E-state index is 11.1. The van der Waals surface area contributed by atoms with E-state index >= 15 is 0 Å². The van der Waals surface area contributed by atoms with Crippen LogP contribution in [0.4, 0.5) is 0 Å². The van der Waals surface area contributed by atoms with Crippen molar-refractivity contribution in [3.05, 3.63) is 36.0 Å². The molecule has 0 spiro atoms. The van der Waals surface area contributed by atoms with Gasteiger partial charge in [-0.1, -0.05) is 18.9 Å². The normalized spacial score (nSPS) is 15.6. The average Bonchev–Trinajstić information content (AvgIpc) is 3.07. The van der Waals surface area contributed by atoms with Gasteiger partial charge in [0.05, 0.1) is 6.42 Å². The lowest BCUT2D eigenvalue weighted by Crippen LogP contribution is -2.14. The molecule has 2 N–H and O–H groups in total. The van der Waals surface area contributed by atoms with E-state index < -0.39 is 5.91 Å². The van der Waals surface area contributed by atoms with Gasteiger partial charge in [0.15, 0.2) is 11.6 Å². The van der Waals surface area contributed by atoms with Gasteiger partial charge in [-0.25, -0.2) is 9.97 Å². The molecule has 20 heavy (non-hydrogen) atoms. The van der Waals surface area contributed by atoms with Crippen molar-refractivity contribution >= 4 is 5.91 Å². The molecule has 1 aliphatic rings. The summed E-state index contributed by atoms with van der Waals surface area (Å²) in [6.45, 7) is 0. The summed E-state index contributed by atoms with van der Waals surface area (Å²) in [5.74, 6) is 2.09. The Balaban J connectivity index is 2.01. The first-order valence-corrected chi connectivity index (χ1v) is 6.89. The zero-order chi connectivity index (χ0) is 13.9. The zero-order valence-electron chi connectivity index (χ0n) is 11.2. The number of amides is 1. The van der Waals surface area contributed by atoms with Crippen molar-refractivity contribution in [2.24, 2.45) is 5.73 Å². The van der Waals surface area contributed by atoms with Crippen LogP contribution in [0.1, 0.15) is 43.3 Å². The van der Waals surface area contributed by atoms with Crippen molar-refractivity contribution in [3.8, 4) is 5.82 Å². The van der Waals surface area contributed by atoms with Crippen molar-refractivity contribution in [3.63, 3.8) is 0 Å². The Kier molecular flexibility index (Phi) is 3.45. The molecule has 1 saturated carbocycles. The van der Waals surface area contributed by atoms with E-state index in [2.05, 4.69) is 15.1 Å². The Morgan fingerprint density at radius 1 is 1.35 bits per heavy atom. The molecule has 0 aliphatic heterocycles. The fourth-order valence-corrected chi connectivity index (χ4v) is 2.70. The van der Waals surface area contributed by atoms with Crippen LogP contribution in [0.3, 0.4) is 0 Å². The number of aromatic nitrogens is 4. The molecule has 2 aromatic heterocycles. The molecule has 3 rings (SSSR count). The van der Waals surface area contributed by atoms with Gasteiger partial charge >= 0.3 is 0 Å². The molecular formula is C14H17N5O. The highest BCUT2D eigenvalue weighted by atomic mass is 16.1. The topological polar surface area (TPSA) is 86.7 Å². The summed E-state index contributed by atoms with van der Waals surface area (Å²) < 4.78 is 1.76. The summed E-state index contributed by atoms with van der Waals surface area (Å²) >= 11 is 0. The van der Waals surface area contributed by atoms with Gasteiger partial charge in [-0.3, -0.25) is 4.79 Å². The molecule has 104 valence electrons. The largest absolute Gasteiger partial charge is 0.369 e. The van der Waals surface area contributed by atoms with E-state index in [9.17, 15) is 4.79 Å². The van der Waals surface area contributed by atoms with Crippen LogP contribution in [0.5, 0.6) is 0 Å². The number of nitrogens with two attached hydrogens (primary N) is 1. The first-order chi connectivity index (χ1) is 9.74. The minimum atomic E-state index is -0.416. The second kappa shape index (κ2) is 5.40. The van der Waals surface area contributed by atoms with Crippen molar-refractivity contribution in [1.82, 2.24) is 19.7 Å². The van der Waals surface area contributed by atoms with E-state index in [1.54, 1.807) is 10.9 Å². The standard InChI is InChI=1S/C14H17N5O/c15-11(20)9-12-17-14(10-5-1-2-6-10)19(18-12)13-7-3-4-8-16-13/h3-4,7-8,10H,1-2,5-6,9H2,(H2,15,20). The van der Waals surface area contributed by atoms with Gasteiger partial charge in [-0.05, 0) is 25.0 Å². The van der Waals surface area contributed by atoms with E-state index in [0.29, 0.717) is 11.7 Å². The van der Waals surface area contributed by atoms with Crippen molar-refractivity contribution in [2.75, 3.05) is 0 Å². The first-order valence-electron chi connectivity index (χ1n) is 6.89. The van der Waals surface area contributed by atoms with Gasteiger partial charge < -0.3 is 5.73 Å². The summed E-state index contributed by atoms with van der Waals surface area (Å²) in [5.41, 5.74) is 5.23. The van der Waals surface area contributed by atoms with E-state index in [1.807, 2.05) is 18.2 Å². The lowest BCUT2D eigenvalue weighted by atomic mass is 10.1. The lowest BCUT2D eigenvalue weighted by molar-refractivity contribution is -0.117. The van der Waals surface area contributed by atoms with Crippen LogP contribution < -0.4 is 5.73 Å². The molecule has 0 saturated heterocycles. The Hall–Kier alpha value is -2.24. The highest BCUT2D eigenvalue weighted by Gasteiger charge is 2.25. The average molecular weight is 271 g/mol. The Bertz CT molecular complexity index is 601. The molecule has 1 amide bonds. The summed E-state index contributed by atoms with van der Waals surface area (Å²) in [4.78, 5) is 19.9. The van der Waals surface area contributed by atoms with Crippen LogP contribution in [-0.4, -0.2) is 25.7 Å². The molecule has 0 bridgehead atoms. The van der Waals surface area contributed by atoms with Gasteiger partial charge in [0.2, 0.25) is 5.91 Å². The van der Waals surface area contributed by atoms with Crippen LogP contribution >= 0.6 is 0 Å². The van der Waals surface area contributed by atoms with E-state index in [4.69, 9.17) is 5.73 Å².